The first-order valence-electron chi connectivity index (χ1n) is 10.6. The van der Waals surface area contributed by atoms with E-state index in [0.29, 0.717) is 5.92 Å². The standard InChI is InChI=1S/C27H31N/c1-20-4-6-24(7-5-20)26-12-14-27(15-13-26)25-10-8-22(9-11-25)21(2)23-16-18-28(3)19-17-23/h4-15,21,23H,16-19H2,1-3H3. The van der Waals surface area contributed by atoms with Gasteiger partial charge in [-0.1, -0.05) is 85.3 Å². The molecule has 144 valence electrons. The number of hydrogen-bond acceptors (Lipinski definition) is 1. The predicted molar refractivity (Wildman–Crippen MR) is 121 cm³/mol. The Morgan fingerprint density at radius 2 is 1.07 bits per heavy atom. The van der Waals surface area contributed by atoms with Gasteiger partial charge in [-0.05, 0) is 79.6 Å². The maximum atomic E-state index is 2.45. The van der Waals surface area contributed by atoms with E-state index in [9.17, 15) is 0 Å². The maximum Gasteiger partial charge on any atom is -0.00189 e. The normalized spacial score (nSPS) is 16.8. The maximum absolute atomic E-state index is 2.45. The Kier molecular flexibility index (Phi) is 5.64. The van der Waals surface area contributed by atoms with Gasteiger partial charge in [0.05, 0.1) is 0 Å². The molecule has 0 bridgehead atoms. The van der Waals surface area contributed by atoms with Crippen molar-refractivity contribution in [3.63, 3.8) is 0 Å². The van der Waals surface area contributed by atoms with Gasteiger partial charge in [0.1, 0.15) is 0 Å². The molecule has 0 saturated carbocycles. The molecule has 0 aliphatic carbocycles. The lowest BCUT2D eigenvalue weighted by Gasteiger charge is -2.33. The number of likely N-dealkylation sites (tertiary alicyclic amines) is 1. The molecule has 1 aliphatic heterocycles. The minimum atomic E-state index is 0.645. The third-order valence-electron chi connectivity index (χ3n) is 6.51. The van der Waals surface area contributed by atoms with Crippen LogP contribution in [0.2, 0.25) is 0 Å². The highest BCUT2D eigenvalue weighted by Gasteiger charge is 2.23. The van der Waals surface area contributed by atoms with Crippen molar-refractivity contribution in [2.75, 3.05) is 20.1 Å². The second-order valence-electron chi connectivity index (χ2n) is 8.49. The summed E-state index contributed by atoms with van der Waals surface area (Å²) in [5.41, 5.74) is 7.92. The first-order valence-corrected chi connectivity index (χ1v) is 10.6. The van der Waals surface area contributed by atoms with Gasteiger partial charge < -0.3 is 4.90 Å². The highest BCUT2D eigenvalue weighted by molar-refractivity contribution is 5.70. The van der Waals surface area contributed by atoms with E-state index in [2.05, 4.69) is 98.6 Å². The topological polar surface area (TPSA) is 3.24 Å². The SMILES string of the molecule is Cc1ccc(-c2ccc(-c3ccc(C(C)C4CCN(C)CC4)cc3)cc2)cc1. The summed E-state index contributed by atoms with van der Waals surface area (Å²) in [5, 5.41) is 0. The molecule has 1 saturated heterocycles. The van der Waals surface area contributed by atoms with Crippen LogP contribution in [0.3, 0.4) is 0 Å². The van der Waals surface area contributed by atoms with Gasteiger partial charge in [0, 0.05) is 0 Å². The van der Waals surface area contributed by atoms with Crippen LogP contribution in [0.5, 0.6) is 0 Å². The summed E-state index contributed by atoms with van der Waals surface area (Å²) >= 11 is 0. The van der Waals surface area contributed by atoms with E-state index in [4.69, 9.17) is 0 Å². The molecule has 1 atom stereocenters. The van der Waals surface area contributed by atoms with Gasteiger partial charge in [0.2, 0.25) is 0 Å². The summed E-state index contributed by atoms with van der Waals surface area (Å²) in [6, 6.07) is 27.0. The largest absolute Gasteiger partial charge is 0.306 e. The molecular formula is C27H31N. The van der Waals surface area contributed by atoms with Crippen molar-refractivity contribution in [1.29, 1.82) is 0 Å². The molecule has 1 fully saturated rings. The predicted octanol–water partition coefficient (Wildman–Crippen LogP) is 6.77. The second-order valence-corrected chi connectivity index (χ2v) is 8.49. The van der Waals surface area contributed by atoms with Gasteiger partial charge >= 0.3 is 0 Å². The smallest absolute Gasteiger partial charge is 0.00189 e. The lowest BCUT2D eigenvalue weighted by atomic mass is 9.81. The fraction of sp³-hybridized carbons (Fsp3) is 0.333. The molecule has 1 nitrogen and oxygen atoms in total. The zero-order valence-corrected chi connectivity index (χ0v) is 17.4. The number of benzene rings is 3. The van der Waals surface area contributed by atoms with Gasteiger partial charge in [-0.2, -0.15) is 0 Å². The van der Waals surface area contributed by atoms with Crippen LogP contribution in [0.1, 0.15) is 36.8 Å². The fourth-order valence-electron chi connectivity index (χ4n) is 4.38. The Hall–Kier alpha value is -2.38. The van der Waals surface area contributed by atoms with Crippen LogP contribution in [0, 0.1) is 12.8 Å². The Morgan fingerprint density at radius 3 is 1.54 bits per heavy atom. The second kappa shape index (κ2) is 8.32. The van der Waals surface area contributed by atoms with Crippen LogP contribution in [-0.2, 0) is 0 Å². The highest BCUT2D eigenvalue weighted by atomic mass is 15.1. The number of rotatable bonds is 4. The van der Waals surface area contributed by atoms with Gasteiger partial charge in [0.25, 0.3) is 0 Å². The summed E-state index contributed by atoms with van der Waals surface area (Å²) in [6.07, 6.45) is 2.64. The molecule has 0 aromatic heterocycles. The van der Waals surface area contributed by atoms with Crippen LogP contribution in [-0.4, -0.2) is 25.0 Å². The third kappa shape index (κ3) is 4.20. The average Bonchev–Trinajstić information content (AvgIpc) is 2.75. The number of piperidine rings is 1. The molecule has 0 N–H and O–H groups in total. The lowest BCUT2D eigenvalue weighted by molar-refractivity contribution is 0.202. The Morgan fingerprint density at radius 1 is 0.679 bits per heavy atom. The zero-order chi connectivity index (χ0) is 19.5. The van der Waals surface area contributed by atoms with Crippen LogP contribution in [0.15, 0.2) is 72.8 Å². The quantitative estimate of drug-likeness (QED) is 0.490. The van der Waals surface area contributed by atoms with Gasteiger partial charge in [-0.3, -0.25) is 0 Å². The highest BCUT2D eigenvalue weighted by Crippen LogP contribution is 2.33. The summed E-state index contributed by atoms with van der Waals surface area (Å²) in [5.74, 6) is 1.46. The first-order chi connectivity index (χ1) is 13.6. The Balaban J connectivity index is 1.47. The van der Waals surface area contributed by atoms with Crippen molar-refractivity contribution >= 4 is 0 Å². The molecule has 1 heterocycles. The van der Waals surface area contributed by atoms with E-state index in [1.54, 1.807) is 0 Å². The van der Waals surface area contributed by atoms with E-state index < -0.39 is 0 Å². The van der Waals surface area contributed by atoms with Crippen molar-refractivity contribution in [3.8, 4) is 22.3 Å². The summed E-state index contributed by atoms with van der Waals surface area (Å²) < 4.78 is 0. The zero-order valence-electron chi connectivity index (χ0n) is 17.4. The van der Waals surface area contributed by atoms with E-state index >= 15 is 0 Å². The van der Waals surface area contributed by atoms with Crippen LogP contribution in [0.25, 0.3) is 22.3 Å². The number of nitrogens with zero attached hydrogens (tertiary/aromatic N) is 1. The van der Waals surface area contributed by atoms with E-state index in [1.165, 1.54) is 59.3 Å². The minimum Gasteiger partial charge on any atom is -0.306 e. The Bertz CT molecular complexity index is 883. The lowest BCUT2D eigenvalue weighted by Crippen LogP contribution is -2.32. The van der Waals surface area contributed by atoms with Crippen LogP contribution < -0.4 is 0 Å². The summed E-state index contributed by atoms with van der Waals surface area (Å²) in [4.78, 5) is 2.45. The number of hydrogen-bond donors (Lipinski definition) is 0. The molecule has 1 aliphatic rings. The molecule has 3 aromatic rings. The molecule has 1 heteroatoms. The van der Waals surface area contributed by atoms with Gasteiger partial charge in [-0.25, -0.2) is 0 Å². The molecule has 4 rings (SSSR count). The molecule has 0 amide bonds. The summed E-state index contributed by atoms with van der Waals surface area (Å²) in [7, 11) is 2.24. The molecule has 0 spiro atoms. The van der Waals surface area contributed by atoms with Crippen molar-refractivity contribution in [2.45, 2.75) is 32.6 Å². The monoisotopic (exact) mass is 369 g/mol. The fourth-order valence-corrected chi connectivity index (χ4v) is 4.38. The van der Waals surface area contributed by atoms with Crippen molar-refractivity contribution < 1.29 is 0 Å². The molecule has 3 aromatic carbocycles. The van der Waals surface area contributed by atoms with E-state index in [-0.39, 0.29) is 0 Å². The summed E-state index contributed by atoms with van der Waals surface area (Å²) in [6.45, 7) is 7.01. The van der Waals surface area contributed by atoms with Crippen molar-refractivity contribution in [2.24, 2.45) is 5.92 Å². The van der Waals surface area contributed by atoms with Crippen molar-refractivity contribution in [3.05, 3.63) is 83.9 Å². The van der Waals surface area contributed by atoms with Gasteiger partial charge in [0.15, 0.2) is 0 Å². The van der Waals surface area contributed by atoms with E-state index in [1.807, 2.05) is 0 Å². The van der Waals surface area contributed by atoms with Crippen LogP contribution >= 0.6 is 0 Å². The molecule has 28 heavy (non-hydrogen) atoms. The molecule has 0 radical (unpaired) electrons. The number of aryl methyl sites for hydroxylation is 1. The molecular weight excluding hydrogens is 338 g/mol. The first kappa shape index (κ1) is 19.0. The Labute approximate surface area is 170 Å². The average molecular weight is 370 g/mol. The minimum absolute atomic E-state index is 0.645. The van der Waals surface area contributed by atoms with Gasteiger partial charge in [-0.15, -0.1) is 0 Å². The van der Waals surface area contributed by atoms with Crippen LogP contribution in [0.4, 0.5) is 0 Å². The third-order valence-corrected chi connectivity index (χ3v) is 6.51. The molecule has 1 unspecified atom stereocenters. The van der Waals surface area contributed by atoms with E-state index in [0.717, 1.165) is 5.92 Å². The van der Waals surface area contributed by atoms with Crippen molar-refractivity contribution in [1.82, 2.24) is 4.90 Å².